The molecule has 0 atom stereocenters. The number of primary sulfonamides is 1. The van der Waals surface area contributed by atoms with Crippen LogP contribution in [0.15, 0.2) is 52.3 Å². The van der Waals surface area contributed by atoms with E-state index in [1.54, 1.807) is 19.2 Å². The van der Waals surface area contributed by atoms with E-state index in [1.165, 1.54) is 11.0 Å². The first-order valence-corrected chi connectivity index (χ1v) is 10.4. The van der Waals surface area contributed by atoms with Gasteiger partial charge >= 0.3 is 6.03 Å². The van der Waals surface area contributed by atoms with E-state index in [4.69, 9.17) is 5.14 Å². The number of urea groups is 1. The van der Waals surface area contributed by atoms with Gasteiger partial charge in [-0.2, -0.15) is 0 Å². The van der Waals surface area contributed by atoms with E-state index in [2.05, 4.69) is 10.0 Å². The van der Waals surface area contributed by atoms with E-state index in [9.17, 15) is 21.6 Å². The van der Waals surface area contributed by atoms with Crippen LogP contribution in [0.1, 0.15) is 5.56 Å². The van der Waals surface area contributed by atoms with E-state index in [1.807, 2.05) is 0 Å². The fraction of sp³-hybridized carbons (Fsp3) is 0.133. The topological polar surface area (TPSA) is 139 Å². The average Bonchev–Trinajstić information content (AvgIpc) is 2.55. The number of nitrogens with two attached hydrogens (primary N) is 1. The van der Waals surface area contributed by atoms with Crippen LogP contribution in [-0.4, -0.2) is 34.8 Å². The molecule has 11 heteroatoms. The summed E-state index contributed by atoms with van der Waals surface area (Å²) in [6.45, 7) is 0.347. The molecule has 1 aliphatic rings. The SMILES string of the molecule is CN1Cc2cc(NS(=O)(=O)c3ccc(S(N)(=O)=O)cc3)ccc2NC1=O. The summed E-state index contributed by atoms with van der Waals surface area (Å²) in [6, 6.07) is 9.11. The maximum Gasteiger partial charge on any atom is 0.321 e. The first kappa shape index (κ1) is 18.2. The molecule has 0 spiro atoms. The molecule has 2 aromatic rings. The molecule has 1 aliphatic heterocycles. The van der Waals surface area contributed by atoms with Crippen molar-refractivity contribution >= 4 is 37.5 Å². The third-order valence-electron chi connectivity index (χ3n) is 3.82. The molecule has 0 radical (unpaired) electrons. The Morgan fingerprint density at radius 1 is 1.04 bits per heavy atom. The van der Waals surface area contributed by atoms with Gasteiger partial charge in [0.15, 0.2) is 0 Å². The Hall–Kier alpha value is -2.63. The van der Waals surface area contributed by atoms with E-state index in [0.29, 0.717) is 17.9 Å². The standard InChI is InChI=1S/C15H16N4O5S2/c1-19-9-10-8-11(2-7-14(10)17-15(19)20)18-26(23,24)13-5-3-12(4-6-13)25(16,21)22/h2-8,18H,9H2,1H3,(H,17,20)(H2,16,21,22). The molecular weight excluding hydrogens is 380 g/mol. The van der Waals surface area contributed by atoms with Crippen molar-refractivity contribution in [3.05, 3.63) is 48.0 Å². The predicted molar refractivity (Wildman–Crippen MR) is 95.6 cm³/mol. The zero-order valence-corrected chi connectivity index (χ0v) is 15.3. The van der Waals surface area contributed by atoms with Gasteiger partial charge in [0.25, 0.3) is 10.0 Å². The van der Waals surface area contributed by atoms with Gasteiger partial charge in [0, 0.05) is 25.0 Å². The Morgan fingerprint density at radius 2 is 1.65 bits per heavy atom. The van der Waals surface area contributed by atoms with Crippen LogP contribution in [0, 0.1) is 0 Å². The number of benzene rings is 2. The number of sulfonamides is 2. The van der Waals surface area contributed by atoms with Gasteiger partial charge in [-0.05, 0) is 48.0 Å². The predicted octanol–water partition coefficient (Wildman–Crippen LogP) is 1.11. The molecule has 2 aromatic carbocycles. The number of amides is 2. The average molecular weight is 396 g/mol. The van der Waals surface area contributed by atoms with Crippen LogP contribution >= 0.6 is 0 Å². The highest BCUT2D eigenvalue weighted by molar-refractivity contribution is 7.92. The second-order valence-corrected chi connectivity index (χ2v) is 9.02. The van der Waals surface area contributed by atoms with E-state index in [0.717, 1.165) is 29.8 Å². The number of fused-ring (bicyclic) bond motifs is 1. The van der Waals surface area contributed by atoms with Crippen molar-refractivity contribution in [2.24, 2.45) is 5.14 Å². The van der Waals surface area contributed by atoms with Gasteiger partial charge in [0.05, 0.1) is 9.79 Å². The van der Waals surface area contributed by atoms with Gasteiger partial charge in [-0.3, -0.25) is 4.72 Å². The number of carbonyl (C=O) groups excluding carboxylic acids is 1. The number of hydrogen-bond acceptors (Lipinski definition) is 5. The monoisotopic (exact) mass is 396 g/mol. The number of hydrogen-bond donors (Lipinski definition) is 3. The summed E-state index contributed by atoms with van der Waals surface area (Å²) in [5.41, 5.74) is 1.70. The number of nitrogens with one attached hydrogen (secondary N) is 2. The third-order valence-corrected chi connectivity index (χ3v) is 6.14. The molecule has 3 rings (SSSR count). The van der Waals surface area contributed by atoms with E-state index >= 15 is 0 Å². The van der Waals surface area contributed by atoms with Crippen LogP contribution < -0.4 is 15.2 Å². The highest BCUT2D eigenvalue weighted by atomic mass is 32.2. The van der Waals surface area contributed by atoms with Crippen LogP contribution in [0.25, 0.3) is 0 Å². The molecule has 4 N–H and O–H groups in total. The highest BCUT2D eigenvalue weighted by Gasteiger charge is 2.21. The minimum Gasteiger partial charge on any atom is -0.323 e. The zero-order chi connectivity index (χ0) is 19.1. The van der Waals surface area contributed by atoms with Gasteiger partial charge in [0.2, 0.25) is 10.0 Å². The fourth-order valence-electron chi connectivity index (χ4n) is 2.47. The summed E-state index contributed by atoms with van der Waals surface area (Å²) >= 11 is 0. The Bertz CT molecular complexity index is 1080. The normalized spacial score (nSPS) is 14.5. The van der Waals surface area contributed by atoms with Crippen LogP contribution in [0.4, 0.5) is 16.2 Å². The van der Waals surface area contributed by atoms with Crippen molar-refractivity contribution in [1.29, 1.82) is 0 Å². The lowest BCUT2D eigenvalue weighted by atomic mass is 10.1. The van der Waals surface area contributed by atoms with Crippen molar-refractivity contribution in [2.75, 3.05) is 17.1 Å². The van der Waals surface area contributed by atoms with Crippen molar-refractivity contribution in [2.45, 2.75) is 16.3 Å². The number of rotatable bonds is 4. The Kier molecular flexibility index (Phi) is 4.38. The zero-order valence-electron chi connectivity index (χ0n) is 13.6. The number of nitrogens with zero attached hydrogens (tertiary/aromatic N) is 1. The molecule has 0 fully saturated rings. The molecule has 26 heavy (non-hydrogen) atoms. The molecule has 2 amide bonds. The molecule has 0 saturated heterocycles. The molecule has 1 heterocycles. The van der Waals surface area contributed by atoms with Gasteiger partial charge in [0.1, 0.15) is 0 Å². The molecule has 0 saturated carbocycles. The second kappa shape index (κ2) is 6.27. The molecule has 0 aromatic heterocycles. The van der Waals surface area contributed by atoms with Crippen molar-refractivity contribution < 1.29 is 21.6 Å². The maximum absolute atomic E-state index is 12.5. The van der Waals surface area contributed by atoms with Crippen molar-refractivity contribution in [3.63, 3.8) is 0 Å². The Balaban J connectivity index is 1.86. The van der Waals surface area contributed by atoms with Gasteiger partial charge in [-0.15, -0.1) is 0 Å². The Morgan fingerprint density at radius 3 is 2.27 bits per heavy atom. The van der Waals surface area contributed by atoms with Gasteiger partial charge < -0.3 is 10.2 Å². The summed E-state index contributed by atoms with van der Waals surface area (Å²) in [4.78, 5) is 12.8. The van der Waals surface area contributed by atoms with Crippen LogP contribution in [0.3, 0.4) is 0 Å². The molecule has 138 valence electrons. The first-order valence-electron chi connectivity index (χ1n) is 7.37. The van der Waals surface area contributed by atoms with Crippen LogP contribution in [-0.2, 0) is 26.6 Å². The van der Waals surface area contributed by atoms with E-state index in [-0.39, 0.29) is 15.8 Å². The summed E-state index contributed by atoms with van der Waals surface area (Å²) in [5, 5.41) is 7.69. The van der Waals surface area contributed by atoms with Crippen LogP contribution in [0.5, 0.6) is 0 Å². The molecule has 0 aliphatic carbocycles. The smallest absolute Gasteiger partial charge is 0.321 e. The lowest BCUT2D eigenvalue weighted by Crippen LogP contribution is -2.35. The van der Waals surface area contributed by atoms with Crippen molar-refractivity contribution in [3.8, 4) is 0 Å². The largest absolute Gasteiger partial charge is 0.323 e. The molecule has 0 unspecified atom stereocenters. The molecule has 0 bridgehead atoms. The lowest BCUT2D eigenvalue weighted by molar-refractivity contribution is 0.218. The maximum atomic E-state index is 12.5. The number of anilines is 2. The highest BCUT2D eigenvalue weighted by Crippen LogP contribution is 2.27. The second-order valence-electron chi connectivity index (χ2n) is 5.78. The molecule has 9 nitrogen and oxygen atoms in total. The first-order chi connectivity index (χ1) is 12.1. The quantitative estimate of drug-likeness (QED) is 0.710. The summed E-state index contributed by atoms with van der Waals surface area (Å²) in [7, 11) is -6.18. The van der Waals surface area contributed by atoms with Crippen molar-refractivity contribution in [1.82, 2.24) is 4.90 Å². The summed E-state index contributed by atoms with van der Waals surface area (Å²) < 4.78 is 49.9. The number of carbonyl (C=O) groups is 1. The third kappa shape index (κ3) is 3.64. The van der Waals surface area contributed by atoms with E-state index < -0.39 is 20.0 Å². The lowest BCUT2D eigenvalue weighted by Gasteiger charge is -2.26. The molecular formula is C15H16N4O5S2. The summed E-state index contributed by atoms with van der Waals surface area (Å²) in [5.74, 6) is 0. The Labute approximate surface area is 150 Å². The fourth-order valence-corrected chi connectivity index (χ4v) is 4.04. The van der Waals surface area contributed by atoms with Gasteiger partial charge in [-0.25, -0.2) is 26.8 Å². The van der Waals surface area contributed by atoms with Gasteiger partial charge in [-0.1, -0.05) is 0 Å². The minimum atomic E-state index is -3.91. The van der Waals surface area contributed by atoms with Crippen LogP contribution in [0.2, 0.25) is 0 Å². The minimum absolute atomic E-state index is 0.104. The summed E-state index contributed by atoms with van der Waals surface area (Å²) in [6.07, 6.45) is 0.